The van der Waals surface area contributed by atoms with Crippen LogP contribution in [0.2, 0.25) is 0 Å². The van der Waals surface area contributed by atoms with E-state index in [1.807, 2.05) is 5.38 Å². The molecule has 1 aliphatic rings. The van der Waals surface area contributed by atoms with Crippen molar-refractivity contribution >= 4 is 11.3 Å². The molecule has 2 rings (SSSR count). The molecule has 1 heterocycles. The average molecular weight is 227 g/mol. The molecular formula is C10H17N3OS. The van der Waals surface area contributed by atoms with Gasteiger partial charge in [0, 0.05) is 29.7 Å². The summed E-state index contributed by atoms with van der Waals surface area (Å²) in [5.41, 5.74) is 6.88. The SMILES string of the molecule is NC1CCCC(NCc2csc(=O)[nH]2)C1. The lowest BCUT2D eigenvalue weighted by molar-refractivity contribution is 0.337. The maximum Gasteiger partial charge on any atom is 0.304 e. The number of aromatic nitrogens is 1. The van der Waals surface area contributed by atoms with Gasteiger partial charge in [-0.25, -0.2) is 0 Å². The van der Waals surface area contributed by atoms with Crippen LogP contribution in [0.15, 0.2) is 10.2 Å². The van der Waals surface area contributed by atoms with Crippen LogP contribution in [-0.4, -0.2) is 17.1 Å². The summed E-state index contributed by atoms with van der Waals surface area (Å²) in [6.07, 6.45) is 4.60. The van der Waals surface area contributed by atoms with Crippen LogP contribution in [0, 0.1) is 0 Å². The van der Waals surface area contributed by atoms with Crippen molar-refractivity contribution in [1.29, 1.82) is 0 Å². The first-order chi connectivity index (χ1) is 7.24. The third-order valence-electron chi connectivity index (χ3n) is 2.87. The number of thiazole rings is 1. The molecule has 0 aliphatic heterocycles. The fourth-order valence-corrected chi connectivity index (χ4v) is 2.65. The molecule has 0 amide bonds. The predicted octanol–water partition coefficient (Wildman–Crippen LogP) is 0.796. The fraction of sp³-hybridized carbons (Fsp3) is 0.700. The molecule has 4 N–H and O–H groups in total. The minimum absolute atomic E-state index is 0.0205. The van der Waals surface area contributed by atoms with E-state index in [0.717, 1.165) is 25.1 Å². The van der Waals surface area contributed by atoms with Crippen molar-refractivity contribution in [2.45, 2.75) is 44.3 Å². The Morgan fingerprint density at radius 2 is 2.47 bits per heavy atom. The van der Waals surface area contributed by atoms with Gasteiger partial charge in [0.15, 0.2) is 0 Å². The van der Waals surface area contributed by atoms with Crippen LogP contribution >= 0.6 is 11.3 Å². The summed E-state index contributed by atoms with van der Waals surface area (Å²) in [5.74, 6) is 0. The monoisotopic (exact) mass is 227 g/mol. The number of H-pyrrole nitrogens is 1. The second-order valence-corrected chi connectivity index (χ2v) is 5.02. The van der Waals surface area contributed by atoms with E-state index in [-0.39, 0.29) is 4.87 Å². The van der Waals surface area contributed by atoms with E-state index in [4.69, 9.17) is 5.73 Å². The molecule has 1 aliphatic carbocycles. The Labute approximate surface area is 92.9 Å². The number of aromatic amines is 1. The summed E-state index contributed by atoms with van der Waals surface area (Å²) in [7, 11) is 0. The Hall–Kier alpha value is -0.650. The smallest absolute Gasteiger partial charge is 0.304 e. The van der Waals surface area contributed by atoms with Gasteiger partial charge in [-0.15, -0.1) is 0 Å². The highest BCUT2D eigenvalue weighted by Crippen LogP contribution is 2.17. The molecule has 1 saturated carbocycles. The molecule has 0 radical (unpaired) electrons. The number of rotatable bonds is 3. The lowest BCUT2D eigenvalue weighted by atomic mass is 9.91. The molecule has 0 saturated heterocycles. The third-order valence-corrected chi connectivity index (χ3v) is 3.59. The van der Waals surface area contributed by atoms with Gasteiger partial charge in [-0.05, 0) is 19.3 Å². The highest BCUT2D eigenvalue weighted by atomic mass is 32.1. The first kappa shape index (κ1) is 10.9. The Kier molecular flexibility index (Phi) is 3.56. The molecule has 0 bridgehead atoms. The maximum atomic E-state index is 10.9. The molecule has 0 aromatic carbocycles. The van der Waals surface area contributed by atoms with Crippen LogP contribution in [0.4, 0.5) is 0 Å². The summed E-state index contributed by atoms with van der Waals surface area (Å²) < 4.78 is 0. The predicted molar refractivity (Wildman–Crippen MR) is 62.0 cm³/mol. The van der Waals surface area contributed by atoms with Crippen LogP contribution in [0.3, 0.4) is 0 Å². The van der Waals surface area contributed by atoms with Crippen molar-refractivity contribution in [2.24, 2.45) is 5.73 Å². The first-order valence-electron chi connectivity index (χ1n) is 5.39. The molecule has 1 fully saturated rings. The highest BCUT2D eigenvalue weighted by Gasteiger charge is 2.18. The van der Waals surface area contributed by atoms with Gasteiger partial charge in [0.25, 0.3) is 0 Å². The average Bonchev–Trinajstić information content (AvgIpc) is 2.62. The van der Waals surface area contributed by atoms with E-state index in [0.29, 0.717) is 12.1 Å². The molecule has 15 heavy (non-hydrogen) atoms. The van der Waals surface area contributed by atoms with Gasteiger partial charge in [0.2, 0.25) is 0 Å². The zero-order chi connectivity index (χ0) is 10.7. The van der Waals surface area contributed by atoms with Gasteiger partial charge < -0.3 is 16.0 Å². The fourth-order valence-electron chi connectivity index (χ4n) is 2.07. The maximum absolute atomic E-state index is 10.9. The van der Waals surface area contributed by atoms with Crippen molar-refractivity contribution in [2.75, 3.05) is 0 Å². The van der Waals surface area contributed by atoms with E-state index in [9.17, 15) is 4.79 Å². The van der Waals surface area contributed by atoms with E-state index < -0.39 is 0 Å². The molecule has 2 unspecified atom stereocenters. The topological polar surface area (TPSA) is 70.9 Å². The van der Waals surface area contributed by atoms with Crippen molar-refractivity contribution in [1.82, 2.24) is 10.3 Å². The van der Waals surface area contributed by atoms with Crippen molar-refractivity contribution in [3.05, 3.63) is 20.7 Å². The lowest BCUT2D eigenvalue weighted by Crippen LogP contribution is -2.39. The minimum Gasteiger partial charge on any atom is -0.328 e. The van der Waals surface area contributed by atoms with Crippen LogP contribution in [-0.2, 0) is 6.54 Å². The molecule has 1 aromatic heterocycles. The highest BCUT2D eigenvalue weighted by molar-refractivity contribution is 7.07. The van der Waals surface area contributed by atoms with Crippen LogP contribution in [0.25, 0.3) is 0 Å². The molecule has 2 atom stereocenters. The van der Waals surface area contributed by atoms with Gasteiger partial charge in [-0.2, -0.15) is 0 Å². The van der Waals surface area contributed by atoms with E-state index in [1.54, 1.807) is 0 Å². The van der Waals surface area contributed by atoms with Crippen LogP contribution < -0.4 is 15.9 Å². The molecule has 0 spiro atoms. The van der Waals surface area contributed by atoms with Crippen molar-refractivity contribution < 1.29 is 0 Å². The minimum atomic E-state index is 0.0205. The normalized spacial score (nSPS) is 26.7. The molecule has 1 aromatic rings. The quantitative estimate of drug-likeness (QED) is 0.715. The Balaban J connectivity index is 1.80. The number of nitrogens with one attached hydrogen (secondary N) is 2. The Morgan fingerprint density at radius 1 is 1.60 bits per heavy atom. The summed E-state index contributed by atoms with van der Waals surface area (Å²) in [4.78, 5) is 13.7. The van der Waals surface area contributed by atoms with Gasteiger partial charge in [0.05, 0.1) is 0 Å². The lowest BCUT2D eigenvalue weighted by Gasteiger charge is -2.27. The summed E-state index contributed by atoms with van der Waals surface area (Å²) in [6, 6.07) is 0.856. The van der Waals surface area contributed by atoms with E-state index in [2.05, 4.69) is 10.3 Å². The number of hydrogen-bond acceptors (Lipinski definition) is 4. The standard InChI is InChI=1S/C10H17N3OS/c11-7-2-1-3-8(4-7)12-5-9-6-15-10(14)13-9/h6-8,12H,1-5,11H2,(H,13,14). The van der Waals surface area contributed by atoms with Gasteiger partial charge in [-0.1, -0.05) is 17.8 Å². The largest absolute Gasteiger partial charge is 0.328 e. The number of hydrogen-bond donors (Lipinski definition) is 3. The van der Waals surface area contributed by atoms with Crippen molar-refractivity contribution in [3.8, 4) is 0 Å². The third kappa shape index (κ3) is 3.15. The summed E-state index contributed by atoms with van der Waals surface area (Å²) in [6.45, 7) is 0.746. The van der Waals surface area contributed by atoms with Gasteiger partial charge >= 0.3 is 4.87 Å². The zero-order valence-electron chi connectivity index (χ0n) is 8.66. The molecule has 5 heteroatoms. The molecule has 84 valence electrons. The second-order valence-electron chi connectivity index (χ2n) is 4.18. The van der Waals surface area contributed by atoms with Crippen LogP contribution in [0.5, 0.6) is 0 Å². The van der Waals surface area contributed by atoms with E-state index >= 15 is 0 Å². The zero-order valence-corrected chi connectivity index (χ0v) is 9.48. The van der Waals surface area contributed by atoms with Gasteiger partial charge in [0.1, 0.15) is 0 Å². The second kappa shape index (κ2) is 4.92. The number of nitrogens with two attached hydrogens (primary N) is 1. The summed E-state index contributed by atoms with van der Waals surface area (Å²) >= 11 is 1.22. The van der Waals surface area contributed by atoms with E-state index in [1.165, 1.54) is 24.2 Å². The molecular weight excluding hydrogens is 210 g/mol. The van der Waals surface area contributed by atoms with Crippen LogP contribution in [0.1, 0.15) is 31.4 Å². The van der Waals surface area contributed by atoms with Gasteiger partial charge in [-0.3, -0.25) is 4.79 Å². The first-order valence-corrected chi connectivity index (χ1v) is 6.27. The summed E-state index contributed by atoms with van der Waals surface area (Å²) in [5, 5.41) is 5.31. The Morgan fingerprint density at radius 3 is 3.13 bits per heavy atom. The molecule has 4 nitrogen and oxygen atoms in total. The van der Waals surface area contributed by atoms with Crippen molar-refractivity contribution in [3.63, 3.8) is 0 Å². The Bertz CT molecular complexity index is 360.